The Morgan fingerprint density at radius 2 is 1.66 bits per heavy atom. The molecule has 0 bridgehead atoms. The summed E-state index contributed by atoms with van der Waals surface area (Å²) in [7, 11) is 0. The molecule has 2 aromatic rings. The zero-order valence-electron chi connectivity index (χ0n) is 18.1. The van der Waals surface area contributed by atoms with Crippen molar-refractivity contribution in [3.05, 3.63) is 40.9 Å². The van der Waals surface area contributed by atoms with Crippen LogP contribution in [0.25, 0.3) is 0 Å². The average Bonchev–Trinajstić information content (AvgIpc) is 3.14. The van der Waals surface area contributed by atoms with Gasteiger partial charge in [-0.25, -0.2) is 25.4 Å². The van der Waals surface area contributed by atoms with Gasteiger partial charge < -0.3 is 20.1 Å². The van der Waals surface area contributed by atoms with Crippen LogP contribution in [0.5, 0.6) is 0 Å². The smallest absolute Gasteiger partial charge is 0.426 e. The van der Waals surface area contributed by atoms with E-state index < -0.39 is 23.7 Å². The molecule has 1 heterocycles. The predicted molar refractivity (Wildman–Crippen MR) is 118 cm³/mol. The molecule has 0 atom stereocenters. The molecule has 32 heavy (non-hydrogen) atoms. The lowest BCUT2D eigenvalue weighted by Gasteiger charge is -2.19. The molecule has 0 radical (unpaired) electrons. The summed E-state index contributed by atoms with van der Waals surface area (Å²) < 4.78 is 9.96. The van der Waals surface area contributed by atoms with Crippen LogP contribution in [0.2, 0.25) is 0 Å². The standard InChI is InChI=1S/C20H25N5O6S/c1-12(26)21-17-23-15(11-32-17)16(27)22-14-7-5-13(6-8-14)9-10-30-18(28)24-25-19(29)31-20(2,3)4/h5-8,11H,9-10H2,1-4H3,(H,22,27)(H,24,28)(H,25,29)(H,21,23,26). The minimum atomic E-state index is -0.818. The van der Waals surface area contributed by atoms with Crippen LogP contribution in [0.4, 0.5) is 20.4 Å². The van der Waals surface area contributed by atoms with E-state index in [2.05, 4.69) is 26.5 Å². The number of nitrogens with zero attached hydrogens (tertiary/aromatic N) is 1. The van der Waals surface area contributed by atoms with Crippen LogP contribution < -0.4 is 21.5 Å². The predicted octanol–water partition coefficient (Wildman–Crippen LogP) is 3.06. The van der Waals surface area contributed by atoms with Gasteiger partial charge in [0.05, 0.1) is 6.61 Å². The van der Waals surface area contributed by atoms with E-state index in [0.29, 0.717) is 17.2 Å². The van der Waals surface area contributed by atoms with Crippen LogP contribution in [-0.2, 0) is 20.7 Å². The van der Waals surface area contributed by atoms with E-state index in [-0.39, 0.29) is 18.2 Å². The highest BCUT2D eigenvalue weighted by Crippen LogP contribution is 2.17. The third kappa shape index (κ3) is 9.00. The number of benzene rings is 1. The molecule has 11 nitrogen and oxygen atoms in total. The third-order valence-corrected chi connectivity index (χ3v) is 4.28. The minimum Gasteiger partial charge on any atom is -0.448 e. The zero-order chi connectivity index (χ0) is 23.7. The van der Waals surface area contributed by atoms with Gasteiger partial charge in [0.2, 0.25) is 5.91 Å². The van der Waals surface area contributed by atoms with Crippen LogP contribution in [0.15, 0.2) is 29.6 Å². The molecule has 0 spiro atoms. The highest BCUT2D eigenvalue weighted by molar-refractivity contribution is 7.14. The summed E-state index contributed by atoms with van der Waals surface area (Å²) >= 11 is 1.16. The van der Waals surface area contributed by atoms with Gasteiger partial charge in [-0.15, -0.1) is 11.3 Å². The second-order valence-corrected chi connectivity index (χ2v) is 8.37. The highest BCUT2D eigenvalue weighted by atomic mass is 32.1. The van der Waals surface area contributed by atoms with Crippen molar-refractivity contribution in [3.63, 3.8) is 0 Å². The van der Waals surface area contributed by atoms with Gasteiger partial charge in [0.25, 0.3) is 5.91 Å². The van der Waals surface area contributed by atoms with Crippen molar-refractivity contribution in [2.45, 2.75) is 39.7 Å². The second kappa shape index (κ2) is 11.1. The topological polar surface area (TPSA) is 148 Å². The van der Waals surface area contributed by atoms with E-state index in [1.807, 2.05) is 0 Å². The number of rotatable bonds is 6. The Labute approximate surface area is 188 Å². The first-order valence-corrected chi connectivity index (χ1v) is 10.4. The monoisotopic (exact) mass is 463 g/mol. The maximum atomic E-state index is 12.2. The molecule has 0 aliphatic heterocycles. The molecular weight excluding hydrogens is 438 g/mol. The SMILES string of the molecule is CC(=O)Nc1nc(C(=O)Nc2ccc(CCOC(=O)NNC(=O)OC(C)(C)C)cc2)cs1. The lowest BCUT2D eigenvalue weighted by Crippen LogP contribution is -2.44. The Balaban J connectivity index is 1.73. The fourth-order valence-corrected chi connectivity index (χ4v) is 2.98. The zero-order valence-corrected chi connectivity index (χ0v) is 18.9. The average molecular weight is 464 g/mol. The van der Waals surface area contributed by atoms with E-state index in [4.69, 9.17) is 9.47 Å². The fourth-order valence-electron chi connectivity index (χ4n) is 2.24. The molecule has 0 saturated heterocycles. The number of ether oxygens (including phenoxy) is 2. The van der Waals surface area contributed by atoms with Gasteiger partial charge >= 0.3 is 12.2 Å². The van der Waals surface area contributed by atoms with Gasteiger partial charge in [-0.05, 0) is 38.5 Å². The molecule has 12 heteroatoms. The Morgan fingerprint density at radius 1 is 1.00 bits per heavy atom. The van der Waals surface area contributed by atoms with Crippen molar-refractivity contribution in [2.75, 3.05) is 17.2 Å². The van der Waals surface area contributed by atoms with Crippen molar-refractivity contribution in [3.8, 4) is 0 Å². The summed E-state index contributed by atoms with van der Waals surface area (Å²) in [4.78, 5) is 50.4. The van der Waals surface area contributed by atoms with Crippen molar-refractivity contribution in [2.24, 2.45) is 0 Å². The number of carbonyl (C=O) groups excluding carboxylic acids is 4. The van der Waals surface area contributed by atoms with Gasteiger partial charge in [0.1, 0.15) is 11.3 Å². The molecule has 0 fully saturated rings. The molecule has 0 aliphatic rings. The van der Waals surface area contributed by atoms with E-state index in [1.165, 1.54) is 6.92 Å². The molecule has 1 aromatic carbocycles. The van der Waals surface area contributed by atoms with Gasteiger partial charge in [0, 0.05) is 24.4 Å². The summed E-state index contributed by atoms with van der Waals surface area (Å²) in [6, 6.07) is 6.97. The molecule has 0 saturated carbocycles. The van der Waals surface area contributed by atoms with Crippen molar-refractivity contribution in [1.29, 1.82) is 0 Å². The molecule has 4 N–H and O–H groups in total. The third-order valence-electron chi connectivity index (χ3n) is 3.52. The number of aromatic nitrogens is 1. The first-order chi connectivity index (χ1) is 15.0. The number of anilines is 2. The Morgan fingerprint density at radius 3 is 2.28 bits per heavy atom. The van der Waals surface area contributed by atoms with Crippen LogP contribution in [0.3, 0.4) is 0 Å². The van der Waals surface area contributed by atoms with Crippen LogP contribution in [-0.4, -0.2) is 41.2 Å². The van der Waals surface area contributed by atoms with Crippen LogP contribution in [0.1, 0.15) is 43.7 Å². The summed E-state index contributed by atoms with van der Waals surface area (Å²) in [5.41, 5.74) is 5.12. The van der Waals surface area contributed by atoms with E-state index in [0.717, 1.165) is 16.9 Å². The first-order valence-electron chi connectivity index (χ1n) is 9.57. The number of nitrogens with one attached hydrogen (secondary N) is 4. The summed E-state index contributed by atoms with van der Waals surface area (Å²) in [6.07, 6.45) is -1.18. The maximum Gasteiger partial charge on any atom is 0.426 e. The normalized spacial score (nSPS) is 10.6. The lowest BCUT2D eigenvalue weighted by molar-refractivity contribution is -0.114. The van der Waals surface area contributed by atoms with Crippen LogP contribution in [0, 0.1) is 0 Å². The van der Waals surface area contributed by atoms with Gasteiger partial charge in [-0.2, -0.15) is 0 Å². The number of thiazole rings is 1. The molecule has 0 unspecified atom stereocenters. The summed E-state index contributed by atoms with van der Waals surface area (Å²) in [6.45, 7) is 6.54. The van der Waals surface area contributed by atoms with Crippen molar-refractivity contribution >= 4 is 46.2 Å². The fraction of sp³-hybridized carbons (Fsp3) is 0.350. The number of hydrogen-bond donors (Lipinski definition) is 4. The number of hydrogen-bond acceptors (Lipinski definition) is 8. The second-order valence-electron chi connectivity index (χ2n) is 7.51. The van der Waals surface area contributed by atoms with Gasteiger partial charge in [0.15, 0.2) is 5.13 Å². The molecular formula is C20H25N5O6S. The molecule has 0 aliphatic carbocycles. The summed E-state index contributed by atoms with van der Waals surface area (Å²) in [5, 5.41) is 7.14. The van der Waals surface area contributed by atoms with Gasteiger partial charge in [-0.1, -0.05) is 12.1 Å². The van der Waals surface area contributed by atoms with Crippen LogP contribution >= 0.6 is 11.3 Å². The molecule has 2 rings (SSSR count). The van der Waals surface area contributed by atoms with Gasteiger partial charge in [-0.3, -0.25) is 9.59 Å². The number of hydrazine groups is 1. The van der Waals surface area contributed by atoms with E-state index >= 15 is 0 Å². The van der Waals surface area contributed by atoms with E-state index in [1.54, 1.807) is 50.4 Å². The molecule has 4 amide bonds. The van der Waals surface area contributed by atoms with Crippen molar-refractivity contribution < 1.29 is 28.7 Å². The maximum absolute atomic E-state index is 12.2. The quantitative estimate of drug-likeness (QED) is 0.481. The highest BCUT2D eigenvalue weighted by Gasteiger charge is 2.16. The Bertz CT molecular complexity index is 968. The minimum absolute atomic E-state index is 0.0816. The van der Waals surface area contributed by atoms with Crippen molar-refractivity contribution in [1.82, 2.24) is 15.8 Å². The molecule has 172 valence electrons. The lowest BCUT2D eigenvalue weighted by atomic mass is 10.1. The largest absolute Gasteiger partial charge is 0.448 e. The summed E-state index contributed by atoms with van der Waals surface area (Å²) in [5.74, 6) is -0.661. The first kappa shape index (κ1) is 24.6. The number of amides is 4. The molecule has 1 aromatic heterocycles. The van der Waals surface area contributed by atoms with E-state index in [9.17, 15) is 19.2 Å². The Kier molecular flexibility index (Phi) is 8.53. The Hall–Kier alpha value is -3.67. The number of carbonyl (C=O) groups is 4.